The van der Waals surface area contributed by atoms with E-state index in [0.29, 0.717) is 55.3 Å². The number of rotatable bonds is 11. The van der Waals surface area contributed by atoms with Crippen molar-refractivity contribution in [3.63, 3.8) is 0 Å². The molecule has 0 saturated carbocycles. The van der Waals surface area contributed by atoms with Crippen LogP contribution in [0.4, 0.5) is 19.1 Å². The van der Waals surface area contributed by atoms with E-state index in [1.807, 2.05) is 4.90 Å². The summed E-state index contributed by atoms with van der Waals surface area (Å²) >= 11 is 0. The Morgan fingerprint density at radius 2 is 1.83 bits per heavy atom. The van der Waals surface area contributed by atoms with Gasteiger partial charge < -0.3 is 20.1 Å². The number of nitrogens with one attached hydrogen (secondary N) is 1. The van der Waals surface area contributed by atoms with Gasteiger partial charge in [-0.2, -0.15) is 18.4 Å². The molecule has 2 aromatic carbocycles. The fraction of sp³-hybridized carbons (Fsp3) is 0.345. The number of sulfone groups is 1. The summed E-state index contributed by atoms with van der Waals surface area (Å²) in [6.45, 7) is 2.27. The van der Waals surface area contributed by atoms with Crippen molar-refractivity contribution in [2.45, 2.75) is 55.9 Å². The van der Waals surface area contributed by atoms with Crippen molar-refractivity contribution in [1.82, 2.24) is 15.3 Å². The Bertz CT molecular complexity index is 1520. The minimum atomic E-state index is -4.43. The molecular weight excluding hydrogens is 571 g/mol. The van der Waals surface area contributed by atoms with Gasteiger partial charge in [0.15, 0.2) is 9.84 Å². The van der Waals surface area contributed by atoms with E-state index in [-0.39, 0.29) is 22.8 Å². The third kappa shape index (κ3) is 7.50. The lowest BCUT2D eigenvalue weighted by atomic mass is 10.1. The van der Waals surface area contributed by atoms with E-state index >= 15 is 0 Å². The molecule has 9 nitrogen and oxygen atoms in total. The van der Waals surface area contributed by atoms with Gasteiger partial charge in [-0.25, -0.2) is 18.4 Å². The number of aromatic nitrogens is 2. The van der Waals surface area contributed by atoms with Crippen LogP contribution in [0.5, 0.6) is 5.75 Å². The Labute approximate surface area is 242 Å². The molecule has 2 N–H and O–H groups in total. The Hall–Kier alpha value is -4.31. The molecule has 2 atom stereocenters. The van der Waals surface area contributed by atoms with Crippen molar-refractivity contribution >= 4 is 21.5 Å². The predicted molar refractivity (Wildman–Crippen MR) is 150 cm³/mol. The van der Waals surface area contributed by atoms with E-state index in [1.54, 1.807) is 43.6 Å². The third-order valence-electron chi connectivity index (χ3n) is 6.93. The Morgan fingerprint density at radius 1 is 1.17 bits per heavy atom. The molecule has 0 bridgehead atoms. The minimum Gasteiger partial charge on any atom is -0.513 e. The first-order chi connectivity index (χ1) is 20.0. The predicted octanol–water partition coefficient (Wildman–Crippen LogP) is 5.27. The van der Waals surface area contributed by atoms with Crippen LogP contribution in [0.3, 0.4) is 0 Å². The van der Waals surface area contributed by atoms with E-state index in [4.69, 9.17) is 10.00 Å². The van der Waals surface area contributed by atoms with Crippen molar-refractivity contribution in [2.24, 2.45) is 0 Å². The summed E-state index contributed by atoms with van der Waals surface area (Å²) in [5.41, 5.74) is 0.919. The number of hydrogen-bond donors (Lipinski definition) is 2. The second kappa shape index (κ2) is 13.1. The SMILES string of the molecule is CCS(=O)(=O)c1ccc(CN/C(=C/O)c2cnc(N3C[C@H](Oc4ccc(C(F)(F)F)cc4)C[C@H]3CCC#N)nc2)cc1. The number of nitrogens with zero attached hydrogens (tertiary/aromatic N) is 4. The standard InChI is InChI=1S/C29H30F3N5O4S/c1-2-42(39,40)26-11-5-20(6-12-26)15-34-27(19-38)21-16-35-28(36-17-21)37-18-25(14-23(37)4-3-13-33)41-24-9-7-22(8-10-24)29(30,31)32/h5-12,16-17,19,23,25,34,38H,2-4,14-15,18H2,1H3/b27-19+/t23-,25-/m1/s1. The molecule has 2 heterocycles. The van der Waals surface area contributed by atoms with Gasteiger partial charge >= 0.3 is 6.18 Å². The van der Waals surface area contributed by atoms with Crippen LogP contribution in [0.15, 0.2) is 72.1 Å². The highest BCUT2D eigenvalue weighted by atomic mass is 32.2. The number of hydrogen-bond acceptors (Lipinski definition) is 9. The zero-order valence-corrected chi connectivity index (χ0v) is 23.6. The summed E-state index contributed by atoms with van der Waals surface area (Å²) in [6, 6.07) is 13.0. The van der Waals surface area contributed by atoms with Gasteiger partial charge in [-0.3, -0.25) is 0 Å². The van der Waals surface area contributed by atoms with Gasteiger partial charge in [0, 0.05) is 43.4 Å². The van der Waals surface area contributed by atoms with Crippen molar-refractivity contribution in [2.75, 3.05) is 17.2 Å². The maximum Gasteiger partial charge on any atom is 0.416 e. The zero-order chi connectivity index (χ0) is 30.3. The average molecular weight is 602 g/mol. The van der Waals surface area contributed by atoms with E-state index in [1.165, 1.54) is 12.1 Å². The van der Waals surface area contributed by atoms with Crippen LogP contribution in [0.2, 0.25) is 0 Å². The second-order valence-electron chi connectivity index (χ2n) is 9.72. The fourth-order valence-corrected chi connectivity index (χ4v) is 5.52. The first-order valence-electron chi connectivity index (χ1n) is 13.2. The average Bonchev–Trinajstić information content (AvgIpc) is 3.39. The molecular formula is C29H30F3N5O4S. The smallest absolute Gasteiger partial charge is 0.416 e. The van der Waals surface area contributed by atoms with E-state index < -0.39 is 21.6 Å². The van der Waals surface area contributed by atoms with Gasteiger partial charge in [-0.1, -0.05) is 19.1 Å². The maximum absolute atomic E-state index is 12.9. The molecule has 1 saturated heterocycles. The molecule has 1 fully saturated rings. The molecule has 3 aromatic rings. The van der Waals surface area contributed by atoms with Gasteiger partial charge in [-0.15, -0.1) is 0 Å². The summed E-state index contributed by atoms with van der Waals surface area (Å²) in [5, 5.41) is 22.0. The topological polar surface area (TPSA) is 128 Å². The maximum atomic E-state index is 12.9. The third-order valence-corrected chi connectivity index (χ3v) is 8.68. The van der Waals surface area contributed by atoms with Gasteiger partial charge in [0.25, 0.3) is 0 Å². The fourth-order valence-electron chi connectivity index (χ4n) is 4.63. The van der Waals surface area contributed by atoms with Crippen molar-refractivity contribution in [3.8, 4) is 11.8 Å². The molecule has 1 aliphatic heterocycles. The van der Waals surface area contributed by atoms with Crippen LogP contribution in [-0.4, -0.2) is 47.9 Å². The Kier molecular flexibility index (Phi) is 9.57. The molecule has 1 aliphatic rings. The summed E-state index contributed by atoms with van der Waals surface area (Å²) in [5.74, 6) is 0.724. The highest BCUT2D eigenvalue weighted by molar-refractivity contribution is 7.91. The second-order valence-corrected chi connectivity index (χ2v) is 12.0. The van der Waals surface area contributed by atoms with E-state index in [9.17, 15) is 26.7 Å². The van der Waals surface area contributed by atoms with Crippen LogP contribution in [-0.2, 0) is 22.6 Å². The largest absolute Gasteiger partial charge is 0.513 e. The number of nitriles is 1. The number of aliphatic hydroxyl groups excluding tert-OH is 1. The molecule has 4 rings (SSSR count). The molecule has 0 aliphatic carbocycles. The van der Waals surface area contributed by atoms with Crippen LogP contribution in [0.25, 0.3) is 5.70 Å². The summed E-state index contributed by atoms with van der Waals surface area (Å²) in [6.07, 6.45) is 0.583. The summed E-state index contributed by atoms with van der Waals surface area (Å²) < 4.78 is 68.7. The van der Waals surface area contributed by atoms with E-state index in [0.717, 1.165) is 24.0 Å². The van der Waals surface area contributed by atoms with Crippen LogP contribution >= 0.6 is 0 Å². The van der Waals surface area contributed by atoms with Crippen LogP contribution < -0.4 is 15.0 Å². The van der Waals surface area contributed by atoms with Crippen molar-refractivity contribution in [1.29, 1.82) is 5.26 Å². The Morgan fingerprint density at radius 3 is 2.40 bits per heavy atom. The van der Waals surface area contributed by atoms with Crippen molar-refractivity contribution in [3.05, 3.63) is 83.9 Å². The minimum absolute atomic E-state index is 0.0152. The quantitative estimate of drug-likeness (QED) is 0.283. The molecule has 0 spiro atoms. The lowest BCUT2D eigenvalue weighted by molar-refractivity contribution is -0.137. The molecule has 0 radical (unpaired) electrons. The number of anilines is 1. The summed E-state index contributed by atoms with van der Waals surface area (Å²) in [7, 11) is -3.29. The normalized spacial score (nSPS) is 17.6. The van der Waals surface area contributed by atoms with Gasteiger partial charge in [0.1, 0.15) is 18.1 Å². The molecule has 222 valence electrons. The van der Waals surface area contributed by atoms with Gasteiger partial charge in [0.2, 0.25) is 5.95 Å². The lowest BCUT2D eigenvalue weighted by Gasteiger charge is -2.23. The monoisotopic (exact) mass is 601 g/mol. The molecule has 13 heteroatoms. The first kappa shape index (κ1) is 30.6. The van der Waals surface area contributed by atoms with Crippen molar-refractivity contribution < 1.29 is 31.4 Å². The van der Waals surface area contributed by atoms with Crippen LogP contribution in [0, 0.1) is 11.3 Å². The number of alkyl halides is 3. The lowest BCUT2D eigenvalue weighted by Crippen LogP contribution is -2.31. The zero-order valence-electron chi connectivity index (χ0n) is 22.8. The molecule has 0 amide bonds. The number of benzene rings is 2. The Balaban J connectivity index is 1.41. The van der Waals surface area contributed by atoms with E-state index in [2.05, 4.69) is 21.4 Å². The molecule has 1 aromatic heterocycles. The number of aliphatic hydroxyl groups is 1. The summed E-state index contributed by atoms with van der Waals surface area (Å²) in [4.78, 5) is 11.1. The highest BCUT2D eigenvalue weighted by Gasteiger charge is 2.35. The molecule has 0 unspecified atom stereocenters. The number of halogens is 3. The van der Waals surface area contributed by atoms with Gasteiger partial charge in [0.05, 0.1) is 34.5 Å². The highest BCUT2D eigenvalue weighted by Crippen LogP contribution is 2.32. The molecule has 42 heavy (non-hydrogen) atoms. The number of ether oxygens (including phenoxy) is 1. The first-order valence-corrected chi connectivity index (χ1v) is 14.9. The van der Waals surface area contributed by atoms with Gasteiger partial charge in [-0.05, 0) is 48.4 Å². The van der Waals surface area contributed by atoms with Crippen LogP contribution in [0.1, 0.15) is 42.9 Å².